The first-order valence-electron chi connectivity index (χ1n) is 10.2. The Morgan fingerprint density at radius 1 is 1.10 bits per heavy atom. The van der Waals surface area contributed by atoms with E-state index < -0.39 is 6.04 Å². The van der Waals surface area contributed by atoms with Crippen LogP contribution in [0.1, 0.15) is 40.0 Å². The molecule has 1 aliphatic heterocycles. The summed E-state index contributed by atoms with van der Waals surface area (Å²) >= 11 is 0. The number of benzene rings is 3. The minimum atomic E-state index is -0.548. The van der Waals surface area contributed by atoms with Crippen LogP contribution in [0.4, 0.5) is 10.1 Å². The van der Waals surface area contributed by atoms with Crippen molar-refractivity contribution in [3.05, 3.63) is 94.8 Å². The average molecular weight is 418 g/mol. The molecule has 1 heterocycles. The SMILES string of the molecule is CCOc1ccc(C(=O)N2CC(=O)Nc3ccc(C)cc3[C@H]2c2ccc(F)cc2)cc1. The van der Waals surface area contributed by atoms with Gasteiger partial charge >= 0.3 is 0 Å². The van der Waals surface area contributed by atoms with Crippen molar-refractivity contribution < 1.29 is 18.7 Å². The highest BCUT2D eigenvalue weighted by molar-refractivity contribution is 6.01. The summed E-state index contributed by atoms with van der Waals surface area (Å²) in [7, 11) is 0. The summed E-state index contributed by atoms with van der Waals surface area (Å²) < 4.78 is 19.1. The molecule has 0 saturated heterocycles. The van der Waals surface area contributed by atoms with Crippen LogP contribution in [0.2, 0.25) is 0 Å². The lowest BCUT2D eigenvalue weighted by atomic mass is 9.94. The number of nitrogens with zero attached hydrogens (tertiary/aromatic N) is 1. The molecule has 31 heavy (non-hydrogen) atoms. The van der Waals surface area contributed by atoms with Gasteiger partial charge in [-0.05, 0) is 61.9 Å². The molecule has 3 aromatic carbocycles. The standard InChI is InChI=1S/C25H23FN2O3/c1-3-31-20-11-7-18(8-12-20)25(30)28-15-23(29)27-22-13-4-16(2)14-21(22)24(28)17-5-9-19(26)10-6-17/h4-14,24H,3,15H2,1-2H3,(H,27,29)/t24-/m1/s1. The number of anilines is 1. The van der Waals surface area contributed by atoms with Crippen molar-refractivity contribution in [1.82, 2.24) is 4.90 Å². The third-order valence-corrected chi connectivity index (χ3v) is 5.26. The van der Waals surface area contributed by atoms with E-state index in [0.29, 0.717) is 23.6 Å². The molecule has 0 radical (unpaired) electrons. The maximum absolute atomic E-state index is 13.6. The highest BCUT2D eigenvalue weighted by Gasteiger charge is 2.34. The molecule has 4 rings (SSSR count). The minimum absolute atomic E-state index is 0.123. The number of halogens is 1. The molecule has 0 saturated carbocycles. The minimum Gasteiger partial charge on any atom is -0.494 e. The first kappa shape index (κ1) is 20.6. The number of hydrogen-bond donors (Lipinski definition) is 1. The number of ether oxygens (including phenoxy) is 1. The van der Waals surface area contributed by atoms with Gasteiger partial charge in [-0.15, -0.1) is 0 Å². The molecule has 3 aromatic rings. The molecule has 0 aliphatic carbocycles. The molecular weight excluding hydrogens is 395 g/mol. The number of amides is 2. The molecule has 0 fully saturated rings. The smallest absolute Gasteiger partial charge is 0.255 e. The van der Waals surface area contributed by atoms with E-state index >= 15 is 0 Å². The summed E-state index contributed by atoms with van der Waals surface area (Å²) in [6.45, 7) is 4.25. The van der Waals surface area contributed by atoms with E-state index in [-0.39, 0.29) is 24.2 Å². The Hall–Kier alpha value is -3.67. The third-order valence-electron chi connectivity index (χ3n) is 5.26. The Bertz CT molecular complexity index is 1110. The van der Waals surface area contributed by atoms with Crippen LogP contribution in [0.5, 0.6) is 5.75 Å². The summed E-state index contributed by atoms with van der Waals surface area (Å²) in [4.78, 5) is 27.7. The summed E-state index contributed by atoms with van der Waals surface area (Å²) in [5.74, 6) is -0.264. The molecule has 158 valence electrons. The lowest BCUT2D eigenvalue weighted by molar-refractivity contribution is -0.117. The zero-order valence-electron chi connectivity index (χ0n) is 17.4. The normalized spacial score (nSPS) is 15.6. The van der Waals surface area contributed by atoms with Gasteiger partial charge in [-0.2, -0.15) is 0 Å². The molecular formula is C25H23FN2O3. The summed E-state index contributed by atoms with van der Waals surface area (Å²) in [6.07, 6.45) is 0. The third kappa shape index (κ3) is 4.28. The largest absolute Gasteiger partial charge is 0.494 e. The number of nitrogens with one attached hydrogen (secondary N) is 1. The van der Waals surface area contributed by atoms with Gasteiger partial charge in [0.1, 0.15) is 18.1 Å². The quantitative estimate of drug-likeness (QED) is 0.667. The predicted octanol–water partition coefficient (Wildman–Crippen LogP) is 4.72. The van der Waals surface area contributed by atoms with Crippen molar-refractivity contribution >= 4 is 17.5 Å². The van der Waals surface area contributed by atoms with Gasteiger partial charge in [-0.25, -0.2) is 4.39 Å². The Morgan fingerprint density at radius 2 is 1.81 bits per heavy atom. The molecule has 0 spiro atoms. The first-order valence-corrected chi connectivity index (χ1v) is 10.2. The average Bonchev–Trinajstić information content (AvgIpc) is 2.90. The van der Waals surface area contributed by atoms with Gasteiger partial charge in [0.15, 0.2) is 0 Å². The fourth-order valence-electron chi connectivity index (χ4n) is 3.85. The number of carbonyl (C=O) groups excluding carboxylic acids is 2. The molecule has 5 nitrogen and oxygen atoms in total. The van der Waals surface area contributed by atoms with Gasteiger partial charge in [-0.3, -0.25) is 9.59 Å². The first-order chi connectivity index (χ1) is 15.0. The number of rotatable bonds is 4. The Labute approximate surface area is 180 Å². The topological polar surface area (TPSA) is 58.6 Å². The Morgan fingerprint density at radius 3 is 2.48 bits per heavy atom. The fraction of sp³-hybridized carbons (Fsp3) is 0.200. The monoisotopic (exact) mass is 418 g/mol. The summed E-state index contributed by atoms with van der Waals surface area (Å²) in [5, 5.41) is 2.90. The van der Waals surface area contributed by atoms with Gasteiger partial charge < -0.3 is 15.0 Å². The fourth-order valence-corrected chi connectivity index (χ4v) is 3.85. The van der Waals surface area contributed by atoms with Gasteiger partial charge in [-0.1, -0.05) is 29.8 Å². The van der Waals surface area contributed by atoms with E-state index in [1.165, 1.54) is 17.0 Å². The maximum Gasteiger partial charge on any atom is 0.255 e. The molecule has 0 aromatic heterocycles. The van der Waals surface area contributed by atoms with Crippen LogP contribution < -0.4 is 10.1 Å². The lowest BCUT2D eigenvalue weighted by Crippen LogP contribution is -2.39. The van der Waals surface area contributed by atoms with Crippen LogP contribution in [-0.4, -0.2) is 29.9 Å². The van der Waals surface area contributed by atoms with E-state index in [1.807, 2.05) is 32.0 Å². The van der Waals surface area contributed by atoms with Crippen molar-refractivity contribution in [3.8, 4) is 5.75 Å². The van der Waals surface area contributed by atoms with Crippen LogP contribution in [0, 0.1) is 12.7 Å². The number of aryl methyl sites for hydroxylation is 1. The van der Waals surface area contributed by atoms with E-state index in [1.54, 1.807) is 36.4 Å². The Balaban J connectivity index is 1.82. The van der Waals surface area contributed by atoms with Gasteiger partial charge in [0, 0.05) is 16.8 Å². The van der Waals surface area contributed by atoms with E-state index in [9.17, 15) is 14.0 Å². The number of carbonyl (C=O) groups is 2. The molecule has 6 heteroatoms. The molecule has 0 bridgehead atoms. The van der Waals surface area contributed by atoms with Crippen LogP contribution in [0.25, 0.3) is 0 Å². The van der Waals surface area contributed by atoms with Crippen LogP contribution in [0.3, 0.4) is 0 Å². The highest BCUT2D eigenvalue weighted by Crippen LogP contribution is 2.37. The number of fused-ring (bicyclic) bond motifs is 1. The van der Waals surface area contributed by atoms with Crippen LogP contribution in [0.15, 0.2) is 66.7 Å². The molecule has 1 aliphatic rings. The zero-order valence-corrected chi connectivity index (χ0v) is 17.4. The predicted molar refractivity (Wildman–Crippen MR) is 117 cm³/mol. The second-order valence-corrected chi connectivity index (χ2v) is 7.48. The zero-order chi connectivity index (χ0) is 22.0. The van der Waals surface area contributed by atoms with E-state index in [4.69, 9.17) is 4.74 Å². The molecule has 1 N–H and O–H groups in total. The van der Waals surface area contributed by atoms with Crippen molar-refractivity contribution in [1.29, 1.82) is 0 Å². The van der Waals surface area contributed by atoms with Gasteiger partial charge in [0.2, 0.25) is 5.91 Å². The van der Waals surface area contributed by atoms with Crippen molar-refractivity contribution in [2.75, 3.05) is 18.5 Å². The maximum atomic E-state index is 13.6. The highest BCUT2D eigenvalue weighted by atomic mass is 19.1. The Kier molecular flexibility index (Phi) is 5.71. The van der Waals surface area contributed by atoms with Crippen molar-refractivity contribution in [3.63, 3.8) is 0 Å². The van der Waals surface area contributed by atoms with Gasteiger partial charge in [0.25, 0.3) is 5.91 Å². The van der Waals surface area contributed by atoms with Crippen LogP contribution in [-0.2, 0) is 4.79 Å². The van der Waals surface area contributed by atoms with Crippen molar-refractivity contribution in [2.45, 2.75) is 19.9 Å². The van der Waals surface area contributed by atoms with Gasteiger partial charge in [0.05, 0.1) is 12.6 Å². The van der Waals surface area contributed by atoms with E-state index in [0.717, 1.165) is 16.7 Å². The number of hydrogen-bond acceptors (Lipinski definition) is 3. The summed E-state index contributed by atoms with van der Waals surface area (Å²) in [5.41, 5.74) is 3.60. The second kappa shape index (κ2) is 8.60. The molecule has 0 unspecified atom stereocenters. The second-order valence-electron chi connectivity index (χ2n) is 7.48. The molecule has 1 atom stereocenters. The van der Waals surface area contributed by atoms with E-state index in [2.05, 4.69) is 5.32 Å². The van der Waals surface area contributed by atoms with Crippen LogP contribution >= 0.6 is 0 Å². The van der Waals surface area contributed by atoms with Crippen molar-refractivity contribution in [2.24, 2.45) is 0 Å². The lowest BCUT2D eigenvalue weighted by Gasteiger charge is -2.31. The molecule has 2 amide bonds. The summed E-state index contributed by atoms with van der Waals surface area (Å²) in [6, 6.07) is 18.0.